The van der Waals surface area contributed by atoms with Gasteiger partial charge in [-0.05, 0) is 40.9 Å². The second-order valence-electron chi connectivity index (χ2n) is 4.09. The van der Waals surface area contributed by atoms with E-state index in [2.05, 4.69) is 21.2 Å². The van der Waals surface area contributed by atoms with Gasteiger partial charge in [0.15, 0.2) is 0 Å². The average Bonchev–Trinajstić information content (AvgIpc) is 2.70. The van der Waals surface area contributed by atoms with Crippen LogP contribution in [0.1, 0.15) is 36.0 Å². The number of carboxylic acid groups (broad SMARTS) is 1. The van der Waals surface area contributed by atoms with Gasteiger partial charge in [-0.15, -0.1) is 0 Å². The molecule has 0 bridgehead atoms. The number of carbonyl (C=O) groups is 1. The molecule has 1 aromatic carbocycles. The summed E-state index contributed by atoms with van der Waals surface area (Å²) in [6.07, 6.45) is 4.72. The SMILES string of the molecule is O=C(O)c1c(Br)cccc1NC1CCCC1. The summed E-state index contributed by atoms with van der Waals surface area (Å²) in [5.41, 5.74) is 1.04. The van der Waals surface area contributed by atoms with Gasteiger partial charge in [-0.1, -0.05) is 18.9 Å². The molecule has 0 amide bonds. The zero-order valence-corrected chi connectivity index (χ0v) is 10.5. The van der Waals surface area contributed by atoms with Crippen LogP contribution in [0, 0.1) is 0 Å². The molecule has 4 heteroatoms. The Balaban J connectivity index is 2.25. The molecular formula is C12H14BrNO2. The highest BCUT2D eigenvalue weighted by Gasteiger charge is 2.19. The molecule has 1 saturated carbocycles. The fourth-order valence-corrected chi connectivity index (χ4v) is 2.69. The highest BCUT2D eigenvalue weighted by atomic mass is 79.9. The van der Waals surface area contributed by atoms with Gasteiger partial charge in [-0.2, -0.15) is 0 Å². The van der Waals surface area contributed by atoms with E-state index in [4.69, 9.17) is 5.11 Å². The first-order valence-electron chi connectivity index (χ1n) is 5.47. The lowest BCUT2D eigenvalue weighted by atomic mass is 10.1. The molecule has 16 heavy (non-hydrogen) atoms. The molecule has 86 valence electrons. The van der Waals surface area contributed by atoms with Crippen molar-refractivity contribution in [3.63, 3.8) is 0 Å². The highest BCUT2D eigenvalue weighted by molar-refractivity contribution is 9.10. The summed E-state index contributed by atoms with van der Waals surface area (Å²) in [7, 11) is 0. The number of nitrogens with one attached hydrogen (secondary N) is 1. The fourth-order valence-electron chi connectivity index (χ4n) is 2.15. The molecular weight excluding hydrogens is 270 g/mol. The minimum atomic E-state index is -0.895. The zero-order chi connectivity index (χ0) is 11.5. The van der Waals surface area contributed by atoms with E-state index in [1.165, 1.54) is 12.8 Å². The van der Waals surface area contributed by atoms with Crippen LogP contribution in [0.4, 0.5) is 5.69 Å². The van der Waals surface area contributed by atoms with E-state index in [-0.39, 0.29) is 0 Å². The molecule has 1 aromatic rings. The van der Waals surface area contributed by atoms with Crippen LogP contribution in [-0.2, 0) is 0 Å². The number of benzene rings is 1. The maximum absolute atomic E-state index is 11.1. The van der Waals surface area contributed by atoms with Gasteiger partial charge in [-0.3, -0.25) is 0 Å². The van der Waals surface area contributed by atoms with Crippen molar-refractivity contribution in [2.75, 3.05) is 5.32 Å². The fraction of sp³-hybridized carbons (Fsp3) is 0.417. The van der Waals surface area contributed by atoms with E-state index in [0.717, 1.165) is 12.8 Å². The first kappa shape index (κ1) is 11.5. The van der Waals surface area contributed by atoms with Crippen LogP contribution in [-0.4, -0.2) is 17.1 Å². The van der Waals surface area contributed by atoms with Crippen LogP contribution in [0.3, 0.4) is 0 Å². The van der Waals surface area contributed by atoms with E-state index in [9.17, 15) is 4.79 Å². The van der Waals surface area contributed by atoms with Gasteiger partial charge >= 0.3 is 5.97 Å². The second-order valence-corrected chi connectivity index (χ2v) is 4.95. The number of carboxylic acids is 1. The van der Waals surface area contributed by atoms with Gasteiger partial charge in [0.1, 0.15) is 0 Å². The Hall–Kier alpha value is -1.03. The first-order chi connectivity index (χ1) is 7.68. The van der Waals surface area contributed by atoms with Crippen LogP contribution < -0.4 is 5.32 Å². The predicted octanol–water partition coefficient (Wildman–Crippen LogP) is 3.50. The number of hydrogen-bond acceptors (Lipinski definition) is 2. The van der Waals surface area contributed by atoms with E-state index in [1.54, 1.807) is 6.07 Å². The van der Waals surface area contributed by atoms with Gasteiger partial charge in [0, 0.05) is 10.5 Å². The molecule has 1 fully saturated rings. The lowest BCUT2D eigenvalue weighted by molar-refractivity contribution is 0.0697. The summed E-state index contributed by atoms with van der Waals surface area (Å²) in [6.45, 7) is 0. The Kier molecular flexibility index (Phi) is 3.49. The average molecular weight is 284 g/mol. The van der Waals surface area contributed by atoms with E-state index < -0.39 is 5.97 Å². The van der Waals surface area contributed by atoms with Crippen molar-refractivity contribution in [3.8, 4) is 0 Å². The highest BCUT2D eigenvalue weighted by Crippen LogP contribution is 2.28. The normalized spacial score (nSPS) is 16.3. The summed E-state index contributed by atoms with van der Waals surface area (Å²) in [4.78, 5) is 11.1. The number of anilines is 1. The maximum atomic E-state index is 11.1. The van der Waals surface area contributed by atoms with Gasteiger partial charge in [0.25, 0.3) is 0 Å². The predicted molar refractivity (Wildman–Crippen MR) is 67.0 cm³/mol. The Morgan fingerprint density at radius 1 is 1.38 bits per heavy atom. The first-order valence-corrected chi connectivity index (χ1v) is 6.26. The monoisotopic (exact) mass is 283 g/mol. The molecule has 0 aromatic heterocycles. The second kappa shape index (κ2) is 4.87. The Morgan fingerprint density at radius 3 is 2.69 bits per heavy atom. The molecule has 1 aliphatic rings. The van der Waals surface area contributed by atoms with Crippen molar-refractivity contribution in [2.24, 2.45) is 0 Å². The molecule has 0 unspecified atom stereocenters. The van der Waals surface area contributed by atoms with Crippen molar-refractivity contribution in [3.05, 3.63) is 28.2 Å². The lowest BCUT2D eigenvalue weighted by Crippen LogP contribution is -2.17. The van der Waals surface area contributed by atoms with Crippen LogP contribution in [0.2, 0.25) is 0 Å². The van der Waals surface area contributed by atoms with E-state index in [0.29, 0.717) is 21.8 Å². The van der Waals surface area contributed by atoms with Gasteiger partial charge in [0.05, 0.1) is 11.3 Å². The van der Waals surface area contributed by atoms with Crippen LogP contribution in [0.5, 0.6) is 0 Å². The zero-order valence-electron chi connectivity index (χ0n) is 8.87. The Labute approximate surface area is 103 Å². The quantitative estimate of drug-likeness (QED) is 0.893. The number of hydrogen-bond donors (Lipinski definition) is 2. The third-order valence-electron chi connectivity index (χ3n) is 2.94. The van der Waals surface area contributed by atoms with Crippen molar-refractivity contribution < 1.29 is 9.90 Å². The van der Waals surface area contributed by atoms with Crippen LogP contribution in [0.15, 0.2) is 22.7 Å². The molecule has 2 N–H and O–H groups in total. The lowest BCUT2D eigenvalue weighted by Gasteiger charge is -2.16. The Bertz CT molecular complexity index is 400. The Morgan fingerprint density at radius 2 is 2.06 bits per heavy atom. The topological polar surface area (TPSA) is 49.3 Å². The van der Waals surface area contributed by atoms with Crippen molar-refractivity contribution >= 4 is 27.6 Å². The molecule has 3 nitrogen and oxygen atoms in total. The molecule has 0 radical (unpaired) electrons. The van der Waals surface area contributed by atoms with Gasteiger partial charge < -0.3 is 10.4 Å². The maximum Gasteiger partial charge on any atom is 0.338 e. The van der Waals surface area contributed by atoms with E-state index in [1.807, 2.05) is 12.1 Å². The van der Waals surface area contributed by atoms with Crippen LogP contribution >= 0.6 is 15.9 Å². The van der Waals surface area contributed by atoms with Crippen molar-refractivity contribution in [2.45, 2.75) is 31.7 Å². The minimum Gasteiger partial charge on any atom is -0.478 e. The smallest absolute Gasteiger partial charge is 0.338 e. The summed E-state index contributed by atoms with van der Waals surface area (Å²) in [6, 6.07) is 5.86. The third kappa shape index (κ3) is 2.38. The minimum absolute atomic E-state index is 0.328. The molecule has 0 aliphatic heterocycles. The molecule has 2 rings (SSSR count). The molecule has 0 spiro atoms. The number of halogens is 1. The molecule has 0 heterocycles. The standard InChI is InChI=1S/C12H14BrNO2/c13-9-6-3-7-10(11(9)12(15)16)14-8-4-1-2-5-8/h3,6-8,14H,1-2,4-5H2,(H,15,16). The van der Waals surface area contributed by atoms with Crippen molar-refractivity contribution in [1.82, 2.24) is 0 Å². The van der Waals surface area contributed by atoms with Crippen molar-refractivity contribution in [1.29, 1.82) is 0 Å². The third-order valence-corrected chi connectivity index (χ3v) is 3.60. The largest absolute Gasteiger partial charge is 0.478 e. The van der Waals surface area contributed by atoms with Gasteiger partial charge in [0.2, 0.25) is 0 Å². The van der Waals surface area contributed by atoms with E-state index >= 15 is 0 Å². The molecule has 0 saturated heterocycles. The number of aromatic carboxylic acids is 1. The summed E-state index contributed by atoms with van der Waals surface area (Å²) in [5, 5.41) is 12.5. The molecule has 0 atom stereocenters. The number of rotatable bonds is 3. The summed E-state index contributed by atoms with van der Waals surface area (Å²) in [5.74, 6) is -0.895. The summed E-state index contributed by atoms with van der Waals surface area (Å²) >= 11 is 3.28. The van der Waals surface area contributed by atoms with Gasteiger partial charge in [-0.25, -0.2) is 4.79 Å². The molecule has 1 aliphatic carbocycles. The summed E-state index contributed by atoms with van der Waals surface area (Å²) < 4.78 is 0.628. The van der Waals surface area contributed by atoms with Crippen LogP contribution in [0.25, 0.3) is 0 Å².